The summed E-state index contributed by atoms with van der Waals surface area (Å²) >= 11 is 0. The van der Waals surface area contributed by atoms with E-state index < -0.39 is 0 Å². The van der Waals surface area contributed by atoms with Crippen LogP contribution in [0.4, 0.5) is 0 Å². The summed E-state index contributed by atoms with van der Waals surface area (Å²) in [6.45, 7) is 4.74. The molecule has 0 radical (unpaired) electrons. The second kappa shape index (κ2) is 6.59. The Kier molecular flexibility index (Phi) is 4.37. The number of rotatable bonds is 4. The normalized spacial score (nSPS) is 16.6. The van der Waals surface area contributed by atoms with Crippen LogP contribution < -0.4 is 10.1 Å². The molecule has 8 nitrogen and oxygen atoms in total. The van der Waals surface area contributed by atoms with Crippen molar-refractivity contribution in [3.63, 3.8) is 0 Å². The Hall–Kier alpha value is -2.06. The van der Waals surface area contributed by atoms with E-state index in [9.17, 15) is 0 Å². The summed E-state index contributed by atoms with van der Waals surface area (Å²) in [5, 5.41) is 15.2. The minimum atomic E-state index is 0.452. The van der Waals surface area contributed by atoms with Crippen LogP contribution in [0.25, 0.3) is 11.5 Å². The van der Waals surface area contributed by atoms with Crippen molar-refractivity contribution in [2.75, 3.05) is 33.3 Å². The predicted molar refractivity (Wildman–Crippen MR) is 74.6 cm³/mol. The quantitative estimate of drug-likeness (QED) is 0.861. The number of aromatic nitrogens is 4. The zero-order valence-electron chi connectivity index (χ0n) is 11.9. The molecule has 2 aromatic heterocycles. The van der Waals surface area contributed by atoms with E-state index in [2.05, 4.69) is 30.6 Å². The minimum absolute atomic E-state index is 0.452. The van der Waals surface area contributed by atoms with Crippen LogP contribution in [-0.4, -0.2) is 58.5 Å². The Bertz CT molecular complexity index is 562. The van der Waals surface area contributed by atoms with Crippen molar-refractivity contribution < 1.29 is 9.26 Å². The molecular weight excluding hydrogens is 272 g/mol. The van der Waals surface area contributed by atoms with Gasteiger partial charge in [-0.25, -0.2) is 0 Å². The van der Waals surface area contributed by atoms with Crippen LogP contribution in [0, 0.1) is 0 Å². The molecule has 1 aliphatic heterocycles. The molecular formula is C13H18N6O2. The summed E-state index contributed by atoms with van der Waals surface area (Å²) in [6.07, 6.45) is 1.13. The maximum Gasteiger partial charge on any atom is 0.241 e. The second-order valence-corrected chi connectivity index (χ2v) is 4.85. The van der Waals surface area contributed by atoms with Crippen LogP contribution in [0.3, 0.4) is 0 Å². The van der Waals surface area contributed by atoms with Gasteiger partial charge < -0.3 is 14.6 Å². The highest BCUT2D eigenvalue weighted by Crippen LogP contribution is 2.15. The zero-order chi connectivity index (χ0) is 14.5. The third kappa shape index (κ3) is 3.53. The first kappa shape index (κ1) is 13.9. The first-order chi connectivity index (χ1) is 10.3. The first-order valence-electron chi connectivity index (χ1n) is 6.99. The molecule has 2 aromatic rings. The highest BCUT2D eigenvalue weighted by Gasteiger charge is 2.15. The Morgan fingerprint density at radius 1 is 1.29 bits per heavy atom. The Morgan fingerprint density at radius 2 is 2.24 bits per heavy atom. The summed E-state index contributed by atoms with van der Waals surface area (Å²) in [5.41, 5.74) is 0.573. The van der Waals surface area contributed by atoms with Gasteiger partial charge in [0.1, 0.15) is 5.69 Å². The molecule has 0 aromatic carbocycles. The predicted octanol–water partition coefficient (Wildman–Crippen LogP) is 0.330. The van der Waals surface area contributed by atoms with Gasteiger partial charge in [-0.15, -0.1) is 10.2 Å². The first-order valence-corrected chi connectivity index (χ1v) is 6.99. The lowest BCUT2D eigenvalue weighted by Gasteiger charge is -2.16. The van der Waals surface area contributed by atoms with E-state index in [1.54, 1.807) is 19.2 Å². The second-order valence-electron chi connectivity index (χ2n) is 4.85. The van der Waals surface area contributed by atoms with Crippen molar-refractivity contribution in [1.82, 2.24) is 30.6 Å². The summed E-state index contributed by atoms with van der Waals surface area (Å²) in [7, 11) is 1.55. The molecule has 112 valence electrons. The summed E-state index contributed by atoms with van der Waals surface area (Å²) in [5.74, 6) is 1.51. The number of methoxy groups -OCH3 is 1. The smallest absolute Gasteiger partial charge is 0.241 e. The van der Waals surface area contributed by atoms with Gasteiger partial charge >= 0.3 is 0 Å². The molecule has 0 aliphatic carbocycles. The fourth-order valence-corrected chi connectivity index (χ4v) is 2.22. The van der Waals surface area contributed by atoms with E-state index in [0.29, 0.717) is 29.8 Å². The topological polar surface area (TPSA) is 89.2 Å². The van der Waals surface area contributed by atoms with Crippen LogP contribution in [0.5, 0.6) is 5.88 Å². The van der Waals surface area contributed by atoms with Gasteiger partial charge in [-0.3, -0.25) is 4.90 Å². The van der Waals surface area contributed by atoms with Gasteiger partial charge in [0, 0.05) is 19.2 Å². The molecule has 1 aliphatic rings. The highest BCUT2D eigenvalue weighted by molar-refractivity contribution is 5.47. The summed E-state index contributed by atoms with van der Waals surface area (Å²) in [6, 6.07) is 3.48. The fourth-order valence-electron chi connectivity index (χ4n) is 2.22. The third-order valence-electron chi connectivity index (χ3n) is 3.34. The molecule has 3 heterocycles. The SMILES string of the molecule is COc1ccc(-c2noc(CN3CCCNCC3)n2)nn1. The van der Waals surface area contributed by atoms with Crippen molar-refractivity contribution in [1.29, 1.82) is 0 Å². The lowest BCUT2D eigenvalue weighted by molar-refractivity contribution is 0.239. The number of nitrogens with one attached hydrogen (secondary N) is 1. The van der Waals surface area contributed by atoms with Crippen molar-refractivity contribution in [3.05, 3.63) is 18.0 Å². The van der Waals surface area contributed by atoms with E-state index in [1.165, 1.54) is 0 Å². The van der Waals surface area contributed by atoms with E-state index in [-0.39, 0.29) is 0 Å². The highest BCUT2D eigenvalue weighted by atomic mass is 16.5. The van der Waals surface area contributed by atoms with Crippen molar-refractivity contribution in [2.24, 2.45) is 0 Å². The number of hydrogen-bond acceptors (Lipinski definition) is 8. The van der Waals surface area contributed by atoms with E-state index >= 15 is 0 Å². The van der Waals surface area contributed by atoms with Crippen LogP contribution in [0.15, 0.2) is 16.7 Å². The van der Waals surface area contributed by atoms with Crippen LogP contribution >= 0.6 is 0 Å². The van der Waals surface area contributed by atoms with E-state index in [0.717, 1.165) is 32.6 Å². The Morgan fingerprint density at radius 3 is 3.05 bits per heavy atom. The standard InChI is InChI=1S/C13H18N6O2/c1-20-11-4-3-10(16-17-11)13-15-12(21-18-13)9-19-7-2-5-14-6-8-19/h3-4,14H,2,5-9H2,1H3. The number of hydrogen-bond donors (Lipinski definition) is 1. The molecule has 0 spiro atoms. The molecule has 0 bridgehead atoms. The van der Waals surface area contributed by atoms with Gasteiger partial charge in [0.05, 0.1) is 13.7 Å². The van der Waals surface area contributed by atoms with Gasteiger partial charge in [0.2, 0.25) is 17.6 Å². The summed E-state index contributed by atoms with van der Waals surface area (Å²) in [4.78, 5) is 6.68. The van der Waals surface area contributed by atoms with Crippen molar-refractivity contribution in [2.45, 2.75) is 13.0 Å². The molecule has 1 N–H and O–H groups in total. The zero-order valence-corrected chi connectivity index (χ0v) is 11.9. The third-order valence-corrected chi connectivity index (χ3v) is 3.34. The summed E-state index contributed by atoms with van der Waals surface area (Å²) < 4.78 is 10.3. The van der Waals surface area contributed by atoms with E-state index in [4.69, 9.17) is 9.26 Å². The molecule has 3 rings (SSSR count). The van der Waals surface area contributed by atoms with Gasteiger partial charge in [0.25, 0.3) is 0 Å². The molecule has 1 saturated heterocycles. The maximum absolute atomic E-state index is 5.30. The lowest BCUT2D eigenvalue weighted by atomic mass is 10.3. The monoisotopic (exact) mass is 290 g/mol. The van der Waals surface area contributed by atoms with Crippen molar-refractivity contribution in [3.8, 4) is 17.4 Å². The van der Waals surface area contributed by atoms with Gasteiger partial charge in [-0.1, -0.05) is 5.16 Å². The van der Waals surface area contributed by atoms with Crippen LogP contribution in [0.1, 0.15) is 12.3 Å². The van der Waals surface area contributed by atoms with Gasteiger partial charge in [-0.2, -0.15) is 4.98 Å². The Labute approximate surface area is 122 Å². The molecule has 21 heavy (non-hydrogen) atoms. The van der Waals surface area contributed by atoms with Gasteiger partial charge in [0.15, 0.2) is 0 Å². The van der Waals surface area contributed by atoms with Crippen LogP contribution in [0.2, 0.25) is 0 Å². The maximum atomic E-state index is 5.30. The number of ether oxygens (including phenoxy) is 1. The molecule has 0 amide bonds. The van der Waals surface area contributed by atoms with Crippen LogP contribution in [-0.2, 0) is 6.54 Å². The van der Waals surface area contributed by atoms with Crippen molar-refractivity contribution >= 4 is 0 Å². The molecule has 8 heteroatoms. The minimum Gasteiger partial charge on any atom is -0.480 e. The van der Waals surface area contributed by atoms with E-state index in [1.807, 2.05) is 0 Å². The van der Waals surface area contributed by atoms with Gasteiger partial charge in [-0.05, 0) is 25.6 Å². The largest absolute Gasteiger partial charge is 0.480 e. The average molecular weight is 290 g/mol. The number of nitrogens with zero attached hydrogens (tertiary/aromatic N) is 5. The average Bonchev–Trinajstić information content (AvgIpc) is 2.83. The molecule has 0 saturated carbocycles. The fraction of sp³-hybridized carbons (Fsp3) is 0.538. The molecule has 0 atom stereocenters. The molecule has 1 fully saturated rings. The Balaban J connectivity index is 1.67. The molecule has 0 unspecified atom stereocenters. The lowest BCUT2D eigenvalue weighted by Crippen LogP contribution is -2.27.